The molecule has 6 nitrogen and oxygen atoms in total. The fraction of sp³-hybridized carbons (Fsp3) is 0.472. The molecule has 2 aliphatic heterocycles. The van der Waals surface area contributed by atoms with Crippen LogP contribution in [0.4, 0.5) is 13.2 Å². The molecule has 2 saturated heterocycles. The molecule has 2 aliphatic rings. The average molecular weight is 693 g/mol. The first-order chi connectivity index (χ1) is 21.7. The third-order valence-electron chi connectivity index (χ3n) is 8.84. The van der Waals surface area contributed by atoms with Crippen molar-refractivity contribution >= 4 is 30.1 Å². The van der Waals surface area contributed by atoms with Gasteiger partial charge in [-0.25, -0.2) is 0 Å². The number of halogens is 4. The number of nitrogens with zero attached hydrogens (tertiary/aromatic N) is 2. The Morgan fingerprint density at radius 1 is 0.915 bits per heavy atom. The summed E-state index contributed by atoms with van der Waals surface area (Å²) in [7, 11) is 5.44. The first kappa shape index (κ1) is 38.7. The highest BCUT2D eigenvalue weighted by Crippen LogP contribution is 2.40. The van der Waals surface area contributed by atoms with Gasteiger partial charge >= 0.3 is 6.18 Å². The molecule has 258 valence electrons. The molecule has 0 spiro atoms. The number of nitrogens with one attached hydrogen (secondary N) is 1. The summed E-state index contributed by atoms with van der Waals surface area (Å²) in [6.07, 6.45) is -1.07. The lowest BCUT2D eigenvalue weighted by Gasteiger charge is -2.45. The van der Waals surface area contributed by atoms with Crippen LogP contribution in [0.3, 0.4) is 0 Å². The number of hydrogen-bond donors (Lipinski definition) is 2. The number of thioether (sulfide) groups is 1. The summed E-state index contributed by atoms with van der Waals surface area (Å²) in [6, 6.07) is 22.1. The van der Waals surface area contributed by atoms with Gasteiger partial charge in [-0.1, -0.05) is 74.5 Å². The van der Waals surface area contributed by atoms with Gasteiger partial charge in [-0.3, -0.25) is 4.79 Å². The van der Waals surface area contributed by atoms with Crippen molar-refractivity contribution < 1.29 is 22.7 Å². The van der Waals surface area contributed by atoms with Crippen LogP contribution in [-0.2, 0) is 17.3 Å². The molecular formula is C36H48ClF3N4O2S. The highest BCUT2D eigenvalue weighted by Gasteiger charge is 2.42. The van der Waals surface area contributed by atoms with E-state index in [4.69, 9.17) is 10.5 Å². The maximum atomic E-state index is 13.5. The van der Waals surface area contributed by atoms with E-state index >= 15 is 0 Å². The Morgan fingerprint density at radius 2 is 1.45 bits per heavy atom. The summed E-state index contributed by atoms with van der Waals surface area (Å²) >= 11 is 1.09. The van der Waals surface area contributed by atoms with Gasteiger partial charge in [0.25, 0.3) is 5.91 Å². The third-order valence-corrected chi connectivity index (χ3v) is 9.60. The fourth-order valence-corrected chi connectivity index (χ4v) is 7.94. The minimum Gasteiger partial charge on any atom is -0.496 e. The standard InChI is InChI=1S/C23H27F3N2O2S.C13H20N2.ClH/c1-15-12-22(14-28(2)13-15,16-8-6-5-7-9-16)27-21(29)20-18(30-3)10-17(23(24,25)26)11-19(20)31-4;1-11-8-13(14,10-15(2)9-11)12-6-4-3-5-7-12;/h5-11,15H,12-14H2,1-4H3,(H,27,29);3-7,11H,8-10,14H2,1-2H3;1H/t15?,22-;;/m0../s1. The van der Waals surface area contributed by atoms with Crippen LogP contribution >= 0.6 is 24.2 Å². The summed E-state index contributed by atoms with van der Waals surface area (Å²) in [6.45, 7) is 8.04. The minimum atomic E-state index is -4.53. The maximum Gasteiger partial charge on any atom is 0.416 e. The average Bonchev–Trinajstić information content (AvgIpc) is 3.00. The van der Waals surface area contributed by atoms with Crippen LogP contribution in [-0.4, -0.2) is 69.3 Å². The smallest absolute Gasteiger partial charge is 0.416 e. The number of rotatable bonds is 6. The number of likely N-dealkylation sites (N-methyl/N-ethyl adjacent to an activating group) is 2. The second kappa shape index (κ2) is 16.1. The highest BCUT2D eigenvalue weighted by molar-refractivity contribution is 7.98. The number of amides is 1. The first-order valence-electron chi connectivity index (χ1n) is 15.6. The normalized spacial score (nSPS) is 25.1. The largest absolute Gasteiger partial charge is 0.496 e. The Kier molecular flexibility index (Phi) is 13.2. The van der Waals surface area contributed by atoms with Crippen molar-refractivity contribution in [2.45, 2.75) is 48.8 Å². The molecule has 11 heteroatoms. The molecule has 2 fully saturated rings. The van der Waals surface area contributed by atoms with E-state index < -0.39 is 23.2 Å². The summed E-state index contributed by atoms with van der Waals surface area (Å²) in [5.74, 6) is 0.473. The molecule has 0 aliphatic carbocycles. The number of benzene rings is 3. The number of nitrogens with two attached hydrogens (primary N) is 1. The highest BCUT2D eigenvalue weighted by atomic mass is 35.5. The van der Waals surface area contributed by atoms with Crippen molar-refractivity contribution in [2.75, 3.05) is 53.6 Å². The molecule has 0 bridgehead atoms. The lowest BCUT2D eigenvalue weighted by Crippen LogP contribution is -2.57. The van der Waals surface area contributed by atoms with E-state index in [0.29, 0.717) is 18.4 Å². The van der Waals surface area contributed by atoms with Gasteiger partial charge in [0.05, 0.1) is 29.3 Å². The molecule has 0 aromatic heterocycles. The molecule has 3 N–H and O–H groups in total. The zero-order chi connectivity index (χ0) is 33.7. The SMILES string of the molecule is CC1CN(C)CC(N)(c2ccccc2)C1.COc1cc(C(F)(F)F)cc(SC)c1C(=O)N[C@@]1(c2ccccc2)CC(C)CN(C)C1.Cl. The second-order valence-corrected chi connectivity index (χ2v) is 14.0. The number of hydrogen-bond acceptors (Lipinski definition) is 6. The Labute approximate surface area is 288 Å². The summed E-state index contributed by atoms with van der Waals surface area (Å²) in [4.78, 5) is 18.2. The number of carbonyl (C=O) groups excluding carboxylic acids is 1. The molecule has 2 heterocycles. The van der Waals surface area contributed by atoms with Crippen molar-refractivity contribution in [1.29, 1.82) is 0 Å². The second-order valence-electron chi connectivity index (χ2n) is 13.2. The summed E-state index contributed by atoms with van der Waals surface area (Å²) < 4.78 is 45.2. The van der Waals surface area contributed by atoms with E-state index in [0.717, 1.165) is 61.9 Å². The quantitative estimate of drug-likeness (QED) is 0.265. The van der Waals surface area contributed by atoms with Crippen molar-refractivity contribution in [1.82, 2.24) is 15.1 Å². The van der Waals surface area contributed by atoms with Gasteiger partial charge in [-0.2, -0.15) is 13.2 Å². The van der Waals surface area contributed by atoms with Gasteiger partial charge in [-0.05, 0) is 68.3 Å². The predicted molar refractivity (Wildman–Crippen MR) is 187 cm³/mol. The van der Waals surface area contributed by atoms with Gasteiger partial charge in [0.2, 0.25) is 0 Å². The van der Waals surface area contributed by atoms with E-state index in [-0.39, 0.29) is 34.2 Å². The number of ether oxygens (including phenoxy) is 1. The number of likely N-dealkylation sites (tertiary alicyclic amines) is 2. The molecule has 3 aromatic carbocycles. The van der Waals surface area contributed by atoms with E-state index in [1.165, 1.54) is 12.7 Å². The Hall–Kier alpha value is -2.76. The van der Waals surface area contributed by atoms with Crippen LogP contribution in [0.25, 0.3) is 0 Å². The van der Waals surface area contributed by atoms with Crippen LogP contribution in [0.5, 0.6) is 5.75 Å². The molecule has 4 atom stereocenters. The van der Waals surface area contributed by atoms with Crippen LogP contribution in [0.15, 0.2) is 77.7 Å². The Bertz CT molecular complexity index is 1420. The number of methoxy groups -OCH3 is 1. The molecular weight excluding hydrogens is 645 g/mol. The van der Waals surface area contributed by atoms with Crippen LogP contribution < -0.4 is 15.8 Å². The molecule has 47 heavy (non-hydrogen) atoms. The molecule has 1 amide bonds. The van der Waals surface area contributed by atoms with Crippen LogP contribution in [0.2, 0.25) is 0 Å². The van der Waals surface area contributed by atoms with E-state index in [1.54, 1.807) is 6.26 Å². The van der Waals surface area contributed by atoms with Crippen molar-refractivity contribution in [3.8, 4) is 5.75 Å². The summed E-state index contributed by atoms with van der Waals surface area (Å²) in [5, 5.41) is 3.18. The maximum absolute atomic E-state index is 13.5. The van der Waals surface area contributed by atoms with E-state index in [2.05, 4.69) is 60.3 Å². The third kappa shape index (κ3) is 9.44. The predicted octanol–water partition coefficient (Wildman–Crippen LogP) is 7.27. The lowest BCUT2D eigenvalue weighted by atomic mass is 9.78. The topological polar surface area (TPSA) is 70.8 Å². The van der Waals surface area contributed by atoms with Crippen molar-refractivity contribution in [3.05, 3.63) is 95.1 Å². The van der Waals surface area contributed by atoms with Crippen LogP contribution in [0, 0.1) is 11.8 Å². The first-order valence-corrected chi connectivity index (χ1v) is 16.8. The van der Waals surface area contributed by atoms with E-state index in [9.17, 15) is 18.0 Å². The zero-order valence-corrected chi connectivity index (χ0v) is 29.7. The zero-order valence-electron chi connectivity index (χ0n) is 28.1. The van der Waals surface area contributed by atoms with Gasteiger partial charge < -0.3 is 25.6 Å². The lowest BCUT2D eigenvalue weighted by molar-refractivity contribution is -0.137. The summed E-state index contributed by atoms with van der Waals surface area (Å²) in [5.41, 5.74) is 7.23. The van der Waals surface area contributed by atoms with Crippen LogP contribution in [0.1, 0.15) is 53.7 Å². The van der Waals surface area contributed by atoms with Crippen molar-refractivity contribution in [3.63, 3.8) is 0 Å². The fourth-order valence-electron chi connectivity index (χ4n) is 7.30. The minimum absolute atomic E-state index is 0. The van der Waals surface area contributed by atoms with Crippen molar-refractivity contribution in [2.24, 2.45) is 17.6 Å². The monoisotopic (exact) mass is 692 g/mol. The molecule has 0 saturated carbocycles. The van der Waals surface area contributed by atoms with Gasteiger partial charge in [0, 0.05) is 31.1 Å². The number of alkyl halides is 3. The molecule has 0 radical (unpaired) electrons. The molecule has 5 rings (SSSR count). The number of carbonyl (C=O) groups is 1. The van der Waals surface area contributed by atoms with Gasteiger partial charge in [-0.15, -0.1) is 24.2 Å². The number of piperidine rings is 2. The Morgan fingerprint density at radius 3 is 1.94 bits per heavy atom. The molecule has 3 aromatic rings. The Balaban J connectivity index is 0.000000314. The van der Waals surface area contributed by atoms with E-state index in [1.807, 2.05) is 43.4 Å². The van der Waals surface area contributed by atoms with Gasteiger partial charge in [0.15, 0.2) is 0 Å². The van der Waals surface area contributed by atoms with Gasteiger partial charge in [0.1, 0.15) is 5.75 Å². The molecule has 3 unspecified atom stereocenters.